The van der Waals surface area contributed by atoms with E-state index in [1.807, 2.05) is 47.2 Å². The van der Waals surface area contributed by atoms with Gasteiger partial charge in [-0.3, -0.25) is 9.79 Å². The van der Waals surface area contributed by atoms with Crippen molar-refractivity contribution in [1.29, 1.82) is 0 Å². The molecule has 4 rings (SSSR count). The third kappa shape index (κ3) is 2.71. The Morgan fingerprint density at radius 3 is 2.62 bits per heavy atom. The molecule has 0 N–H and O–H groups in total. The van der Waals surface area contributed by atoms with Crippen LogP contribution in [0.3, 0.4) is 0 Å². The molecule has 26 heavy (non-hydrogen) atoms. The molecule has 2 heterocycles. The summed E-state index contributed by atoms with van der Waals surface area (Å²) in [5.74, 6) is 0.198. The summed E-state index contributed by atoms with van der Waals surface area (Å²) in [6, 6.07) is 16.0. The number of para-hydroxylation sites is 1. The Kier molecular flexibility index (Phi) is 4.13. The van der Waals surface area contributed by atoms with Gasteiger partial charge in [0.25, 0.3) is 0 Å². The van der Waals surface area contributed by atoms with Crippen molar-refractivity contribution in [3.05, 3.63) is 89.5 Å². The summed E-state index contributed by atoms with van der Waals surface area (Å²) >= 11 is 0. The van der Waals surface area contributed by atoms with Crippen LogP contribution in [-0.4, -0.2) is 23.7 Å². The van der Waals surface area contributed by atoms with Crippen LogP contribution >= 0.6 is 0 Å². The third-order valence-corrected chi connectivity index (χ3v) is 4.63. The van der Waals surface area contributed by atoms with Gasteiger partial charge in [0.15, 0.2) is 5.78 Å². The number of benzene rings is 2. The minimum atomic E-state index is -0.563. The Morgan fingerprint density at radius 1 is 1.08 bits per heavy atom. The van der Waals surface area contributed by atoms with E-state index >= 15 is 0 Å². The van der Waals surface area contributed by atoms with Crippen molar-refractivity contribution in [2.45, 2.75) is 12.1 Å². The summed E-state index contributed by atoms with van der Waals surface area (Å²) in [5.41, 5.74) is 2.15. The summed E-state index contributed by atoms with van der Waals surface area (Å²) in [6.07, 6.45) is 3.64. The second-order valence-corrected chi connectivity index (χ2v) is 6.12. The number of carbonyl (C=O) groups is 1. The van der Waals surface area contributed by atoms with Gasteiger partial charge in [0.05, 0.1) is 12.8 Å². The standard InChI is InChI=1S/C21H17FN2O2/c1-26-18-7-3-2-6-17(18)19-20(24-12-4-5-16(24)13-23-19)21(25)14-8-10-15(22)11-9-14/h2-13,19-20H,1H3/t19-,20+/m1/s1. The maximum atomic E-state index is 13.3. The predicted molar refractivity (Wildman–Crippen MR) is 97.5 cm³/mol. The van der Waals surface area contributed by atoms with E-state index in [1.54, 1.807) is 13.3 Å². The summed E-state index contributed by atoms with van der Waals surface area (Å²) in [4.78, 5) is 17.9. The first-order valence-corrected chi connectivity index (χ1v) is 8.32. The first-order chi connectivity index (χ1) is 12.7. The number of ketones is 1. The number of fused-ring (bicyclic) bond motifs is 1. The quantitative estimate of drug-likeness (QED) is 0.662. The van der Waals surface area contributed by atoms with Crippen molar-refractivity contribution in [1.82, 2.24) is 4.57 Å². The van der Waals surface area contributed by atoms with Crippen molar-refractivity contribution < 1.29 is 13.9 Å². The molecule has 0 saturated heterocycles. The van der Waals surface area contributed by atoms with Crippen LogP contribution in [0.1, 0.15) is 33.7 Å². The zero-order chi connectivity index (χ0) is 18.1. The average molecular weight is 348 g/mol. The number of aromatic nitrogens is 1. The van der Waals surface area contributed by atoms with Crippen LogP contribution in [0.4, 0.5) is 4.39 Å². The van der Waals surface area contributed by atoms with Crippen LogP contribution in [0.2, 0.25) is 0 Å². The molecule has 1 aliphatic rings. The van der Waals surface area contributed by atoms with Crippen LogP contribution < -0.4 is 4.74 Å². The third-order valence-electron chi connectivity index (χ3n) is 4.63. The second kappa shape index (κ2) is 6.59. The lowest BCUT2D eigenvalue weighted by atomic mass is 9.91. The summed E-state index contributed by atoms with van der Waals surface area (Å²) < 4.78 is 20.7. The largest absolute Gasteiger partial charge is 0.496 e. The molecule has 0 unspecified atom stereocenters. The lowest BCUT2D eigenvalue weighted by Crippen LogP contribution is -2.29. The molecule has 0 spiro atoms. The highest BCUT2D eigenvalue weighted by Gasteiger charge is 2.35. The van der Waals surface area contributed by atoms with Gasteiger partial charge in [-0.2, -0.15) is 0 Å². The van der Waals surface area contributed by atoms with Gasteiger partial charge in [-0.25, -0.2) is 4.39 Å². The number of halogens is 1. The molecular formula is C21H17FN2O2. The fourth-order valence-corrected chi connectivity index (χ4v) is 3.38. The molecule has 2 atom stereocenters. The maximum Gasteiger partial charge on any atom is 0.188 e. The van der Waals surface area contributed by atoms with Gasteiger partial charge in [0.2, 0.25) is 0 Å². The molecule has 2 aromatic carbocycles. The predicted octanol–water partition coefficient (Wildman–Crippen LogP) is 4.23. The number of methoxy groups -OCH3 is 1. The number of aliphatic imine (C=N–C) groups is 1. The highest BCUT2D eigenvalue weighted by molar-refractivity contribution is 6.00. The van der Waals surface area contributed by atoms with Gasteiger partial charge in [0, 0.05) is 23.5 Å². The van der Waals surface area contributed by atoms with Gasteiger partial charge < -0.3 is 9.30 Å². The van der Waals surface area contributed by atoms with Crippen molar-refractivity contribution in [2.75, 3.05) is 7.11 Å². The summed E-state index contributed by atoms with van der Waals surface area (Å²) in [6.45, 7) is 0. The number of hydrogen-bond acceptors (Lipinski definition) is 3. The topological polar surface area (TPSA) is 43.6 Å². The molecule has 1 aliphatic heterocycles. The minimum absolute atomic E-state index is 0.116. The molecule has 5 heteroatoms. The molecule has 0 amide bonds. The van der Waals surface area contributed by atoms with Gasteiger partial charge >= 0.3 is 0 Å². The second-order valence-electron chi connectivity index (χ2n) is 6.12. The highest BCUT2D eigenvalue weighted by atomic mass is 19.1. The van der Waals surface area contributed by atoms with Crippen LogP contribution in [-0.2, 0) is 0 Å². The summed E-state index contributed by atoms with van der Waals surface area (Å²) in [7, 11) is 1.60. The van der Waals surface area contributed by atoms with E-state index in [9.17, 15) is 9.18 Å². The molecule has 0 fully saturated rings. The van der Waals surface area contributed by atoms with E-state index in [0.29, 0.717) is 11.3 Å². The molecule has 3 aromatic rings. The van der Waals surface area contributed by atoms with E-state index in [-0.39, 0.29) is 11.6 Å². The number of rotatable bonds is 4. The summed E-state index contributed by atoms with van der Waals surface area (Å²) in [5, 5.41) is 0. The first kappa shape index (κ1) is 16.3. The lowest BCUT2D eigenvalue weighted by Gasteiger charge is -2.30. The lowest BCUT2D eigenvalue weighted by molar-refractivity contribution is 0.0905. The van der Waals surface area contributed by atoms with Crippen molar-refractivity contribution >= 4 is 12.0 Å². The van der Waals surface area contributed by atoms with Gasteiger partial charge in [-0.15, -0.1) is 0 Å². The Morgan fingerprint density at radius 2 is 1.85 bits per heavy atom. The van der Waals surface area contributed by atoms with Crippen LogP contribution in [0.5, 0.6) is 5.75 Å². The molecule has 0 aliphatic carbocycles. The number of hydrogen-bond donors (Lipinski definition) is 0. The fourth-order valence-electron chi connectivity index (χ4n) is 3.38. The maximum absolute atomic E-state index is 13.3. The van der Waals surface area contributed by atoms with Gasteiger partial charge in [-0.05, 0) is 42.5 Å². The molecular weight excluding hydrogens is 331 g/mol. The number of nitrogens with zero attached hydrogens (tertiary/aromatic N) is 2. The van der Waals surface area contributed by atoms with Gasteiger partial charge in [0.1, 0.15) is 23.7 Å². The fraction of sp³-hybridized carbons (Fsp3) is 0.143. The highest BCUT2D eigenvalue weighted by Crippen LogP contribution is 2.40. The Hall–Kier alpha value is -3.21. The van der Waals surface area contributed by atoms with E-state index in [1.165, 1.54) is 24.3 Å². The van der Waals surface area contributed by atoms with Gasteiger partial charge in [-0.1, -0.05) is 18.2 Å². The van der Waals surface area contributed by atoms with E-state index in [4.69, 9.17) is 4.74 Å². The van der Waals surface area contributed by atoms with Crippen LogP contribution in [0.15, 0.2) is 71.9 Å². The Balaban J connectivity index is 1.83. The van der Waals surface area contributed by atoms with E-state index < -0.39 is 12.1 Å². The molecule has 0 saturated carbocycles. The number of carbonyl (C=O) groups excluding carboxylic acids is 1. The number of Topliss-reactive ketones (excluding diaryl/α,β-unsaturated/α-hetero) is 1. The van der Waals surface area contributed by atoms with Crippen LogP contribution in [0.25, 0.3) is 0 Å². The van der Waals surface area contributed by atoms with Crippen molar-refractivity contribution in [2.24, 2.45) is 4.99 Å². The molecule has 0 radical (unpaired) electrons. The average Bonchev–Trinajstić information content (AvgIpc) is 3.16. The zero-order valence-corrected chi connectivity index (χ0v) is 14.2. The zero-order valence-electron chi connectivity index (χ0n) is 14.2. The molecule has 0 bridgehead atoms. The normalized spacial score (nSPS) is 18.4. The smallest absolute Gasteiger partial charge is 0.188 e. The first-order valence-electron chi connectivity index (χ1n) is 8.32. The van der Waals surface area contributed by atoms with Crippen molar-refractivity contribution in [3.63, 3.8) is 0 Å². The monoisotopic (exact) mass is 348 g/mol. The minimum Gasteiger partial charge on any atom is -0.496 e. The molecule has 1 aromatic heterocycles. The van der Waals surface area contributed by atoms with Crippen molar-refractivity contribution in [3.8, 4) is 5.75 Å². The van der Waals surface area contributed by atoms with E-state index in [2.05, 4.69) is 4.99 Å². The van der Waals surface area contributed by atoms with Crippen LogP contribution in [0, 0.1) is 5.82 Å². The Labute approximate surface area is 150 Å². The Bertz CT molecular complexity index is 976. The molecule has 130 valence electrons. The number of ether oxygens (including phenoxy) is 1. The molecule has 4 nitrogen and oxygen atoms in total. The SMILES string of the molecule is COc1ccccc1[C@H]1N=Cc2cccn2[C@@H]1C(=O)c1ccc(F)cc1. The van der Waals surface area contributed by atoms with E-state index in [0.717, 1.165) is 11.3 Å².